The Balaban J connectivity index is 1.67. The van der Waals surface area contributed by atoms with Crippen LogP contribution >= 0.6 is 0 Å². The SMILES string of the molecule is CCNC(=NCC1(S(C)(=O)=O)CCOCC1)NCCc1c[nH]c2c(C)cccc12. The van der Waals surface area contributed by atoms with E-state index >= 15 is 0 Å². The molecule has 2 aromatic rings. The zero-order chi connectivity index (χ0) is 20.9. The molecular weight excluding hydrogens is 388 g/mol. The van der Waals surface area contributed by atoms with Gasteiger partial charge in [0.2, 0.25) is 0 Å². The number of aromatic nitrogens is 1. The first-order chi connectivity index (χ1) is 13.9. The highest BCUT2D eigenvalue weighted by atomic mass is 32.2. The molecule has 1 fully saturated rings. The molecule has 3 rings (SSSR count). The summed E-state index contributed by atoms with van der Waals surface area (Å²) in [6.07, 6.45) is 5.20. The Morgan fingerprint density at radius 1 is 1.28 bits per heavy atom. The van der Waals surface area contributed by atoms with Crippen molar-refractivity contribution < 1.29 is 13.2 Å². The number of nitrogens with one attached hydrogen (secondary N) is 3. The maximum atomic E-state index is 12.4. The van der Waals surface area contributed by atoms with Crippen LogP contribution in [0.15, 0.2) is 29.4 Å². The molecule has 0 bridgehead atoms. The maximum absolute atomic E-state index is 12.4. The molecule has 0 aliphatic carbocycles. The third-order valence-corrected chi connectivity index (χ3v) is 7.87. The number of rotatable bonds is 7. The number of hydrogen-bond acceptors (Lipinski definition) is 4. The largest absolute Gasteiger partial charge is 0.381 e. The van der Waals surface area contributed by atoms with Crippen LogP contribution < -0.4 is 10.6 Å². The molecule has 0 atom stereocenters. The van der Waals surface area contributed by atoms with Crippen LogP contribution in [0.25, 0.3) is 10.9 Å². The summed E-state index contributed by atoms with van der Waals surface area (Å²) >= 11 is 0. The van der Waals surface area contributed by atoms with Crippen LogP contribution in [0.5, 0.6) is 0 Å². The van der Waals surface area contributed by atoms with Crippen molar-refractivity contribution in [1.29, 1.82) is 0 Å². The molecule has 7 nitrogen and oxygen atoms in total. The van der Waals surface area contributed by atoms with E-state index in [0.29, 0.717) is 45.1 Å². The smallest absolute Gasteiger partial charge is 0.191 e. The summed E-state index contributed by atoms with van der Waals surface area (Å²) in [7, 11) is -3.23. The number of guanidine groups is 1. The van der Waals surface area contributed by atoms with Crippen molar-refractivity contribution >= 4 is 26.7 Å². The van der Waals surface area contributed by atoms with E-state index < -0.39 is 14.6 Å². The van der Waals surface area contributed by atoms with Gasteiger partial charge in [-0.3, -0.25) is 4.99 Å². The number of aryl methyl sites for hydroxylation is 1. The fraction of sp³-hybridized carbons (Fsp3) is 0.571. The lowest BCUT2D eigenvalue weighted by Crippen LogP contribution is -2.47. The van der Waals surface area contributed by atoms with Gasteiger partial charge in [-0.15, -0.1) is 0 Å². The van der Waals surface area contributed by atoms with Gasteiger partial charge in [-0.1, -0.05) is 18.2 Å². The molecule has 0 spiro atoms. The average Bonchev–Trinajstić information content (AvgIpc) is 3.10. The van der Waals surface area contributed by atoms with Crippen molar-refractivity contribution in [1.82, 2.24) is 15.6 Å². The second-order valence-electron chi connectivity index (χ2n) is 7.75. The van der Waals surface area contributed by atoms with Gasteiger partial charge in [0.1, 0.15) is 0 Å². The number of ether oxygens (including phenoxy) is 1. The lowest BCUT2D eigenvalue weighted by Gasteiger charge is -2.34. The molecule has 1 aromatic carbocycles. The van der Waals surface area contributed by atoms with Gasteiger partial charge in [0.15, 0.2) is 15.8 Å². The standard InChI is InChI=1S/C21H32N4O3S/c1-4-22-20(25-15-21(29(3,26)27)9-12-28-13-10-21)23-11-8-17-14-24-19-16(2)6-5-7-18(17)19/h5-7,14,24H,4,8-13,15H2,1-3H3,(H2,22,23,25). The number of aliphatic imine (C=N–C) groups is 1. The monoisotopic (exact) mass is 420 g/mol. The number of nitrogens with zero attached hydrogens (tertiary/aromatic N) is 1. The number of aromatic amines is 1. The second-order valence-corrected chi connectivity index (χ2v) is 10.2. The first-order valence-electron chi connectivity index (χ1n) is 10.2. The summed E-state index contributed by atoms with van der Waals surface area (Å²) in [6.45, 7) is 6.70. The minimum atomic E-state index is -3.23. The third kappa shape index (κ3) is 4.93. The lowest BCUT2D eigenvalue weighted by molar-refractivity contribution is 0.0768. The van der Waals surface area contributed by atoms with Gasteiger partial charge >= 0.3 is 0 Å². The van der Waals surface area contributed by atoms with E-state index in [-0.39, 0.29) is 6.54 Å². The number of fused-ring (bicyclic) bond motifs is 1. The van der Waals surface area contributed by atoms with Gasteiger partial charge in [-0.25, -0.2) is 8.42 Å². The van der Waals surface area contributed by atoms with Gasteiger partial charge in [0.05, 0.1) is 11.3 Å². The second kappa shape index (κ2) is 9.17. The summed E-state index contributed by atoms with van der Waals surface area (Å²) in [4.78, 5) is 7.98. The molecule has 1 aliphatic heterocycles. The molecule has 2 heterocycles. The predicted octanol–water partition coefficient (Wildman–Crippen LogP) is 2.17. The molecule has 0 saturated carbocycles. The van der Waals surface area contributed by atoms with Crippen molar-refractivity contribution in [3.05, 3.63) is 35.5 Å². The minimum absolute atomic E-state index is 0.247. The van der Waals surface area contributed by atoms with Crippen molar-refractivity contribution in [2.45, 2.75) is 37.9 Å². The van der Waals surface area contributed by atoms with Gasteiger partial charge in [0, 0.05) is 49.7 Å². The Morgan fingerprint density at radius 2 is 2.03 bits per heavy atom. The first-order valence-corrected chi connectivity index (χ1v) is 12.1. The van der Waals surface area contributed by atoms with Crippen molar-refractivity contribution in [2.75, 3.05) is 39.1 Å². The summed E-state index contributed by atoms with van der Waals surface area (Å²) in [6, 6.07) is 6.31. The molecule has 1 saturated heterocycles. The number of para-hydroxylation sites is 1. The Kier molecular flexibility index (Phi) is 6.85. The fourth-order valence-corrected chi connectivity index (χ4v) is 5.05. The molecule has 1 aromatic heterocycles. The van der Waals surface area contributed by atoms with Crippen LogP contribution in [-0.4, -0.2) is 63.2 Å². The molecule has 0 unspecified atom stereocenters. The normalized spacial score (nSPS) is 17.4. The van der Waals surface area contributed by atoms with Gasteiger partial charge in [-0.2, -0.15) is 0 Å². The first kappa shape index (κ1) is 21.6. The highest BCUT2D eigenvalue weighted by molar-refractivity contribution is 7.92. The Labute approximate surface area is 173 Å². The van der Waals surface area contributed by atoms with Crippen LogP contribution in [0.1, 0.15) is 30.9 Å². The topological polar surface area (TPSA) is 95.6 Å². The highest BCUT2D eigenvalue weighted by Crippen LogP contribution is 2.29. The van der Waals surface area contributed by atoms with Crippen LogP contribution in [0, 0.1) is 6.92 Å². The summed E-state index contributed by atoms with van der Waals surface area (Å²) in [5.74, 6) is 0.651. The average molecular weight is 421 g/mol. The zero-order valence-corrected chi connectivity index (χ0v) is 18.4. The maximum Gasteiger partial charge on any atom is 0.191 e. The Morgan fingerprint density at radius 3 is 2.72 bits per heavy atom. The number of hydrogen-bond donors (Lipinski definition) is 3. The van der Waals surface area contributed by atoms with E-state index in [1.165, 1.54) is 28.3 Å². The molecule has 29 heavy (non-hydrogen) atoms. The van der Waals surface area contributed by atoms with E-state index in [9.17, 15) is 8.42 Å². The zero-order valence-electron chi connectivity index (χ0n) is 17.5. The van der Waals surface area contributed by atoms with Crippen molar-refractivity contribution in [3.8, 4) is 0 Å². The molecular formula is C21H32N4O3S. The number of sulfone groups is 1. The Hall–Kier alpha value is -2.06. The van der Waals surface area contributed by atoms with Crippen LogP contribution in [-0.2, 0) is 21.0 Å². The summed E-state index contributed by atoms with van der Waals surface area (Å²) in [5.41, 5.74) is 3.67. The van der Waals surface area contributed by atoms with Crippen LogP contribution in [0.3, 0.4) is 0 Å². The van der Waals surface area contributed by atoms with Gasteiger partial charge < -0.3 is 20.4 Å². The molecule has 8 heteroatoms. The van der Waals surface area contributed by atoms with E-state index in [1.807, 2.05) is 6.92 Å². The van der Waals surface area contributed by atoms with E-state index in [1.54, 1.807) is 0 Å². The lowest BCUT2D eigenvalue weighted by atomic mass is 9.99. The van der Waals surface area contributed by atoms with Crippen LogP contribution in [0.4, 0.5) is 0 Å². The highest BCUT2D eigenvalue weighted by Gasteiger charge is 2.42. The number of H-pyrrole nitrogens is 1. The molecule has 0 amide bonds. The van der Waals surface area contributed by atoms with Crippen LogP contribution in [0.2, 0.25) is 0 Å². The van der Waals surface area contributed by atoms with E-state index in [0.717, 1.165) is 6.42 Å². The quantitative estimate of drug-likeness (QED) is 0.471. The molecule has 3 N–H and O–H groups in total. The third-order valence-electron chi connectivity index (χ3n) is 5.76. The molecule has 0 radical (unpaired) electrons. The van der Waals surface area contributed by atoms with Crippen molar-refractivity contribution in [3.63, 3.8) is 0 Å². The van der Waals surface area contributed by atoms with E-state index in [4.69, 9.17) is 4.74 Å². The summed E-state index contributed by atoms with van der Waals surface area (Å²) < 4.78 is 29.4. The summed E-state index contributed by atoms with van der Waals surface area (Å²) in [5, 5.41) is 7.81. The fourth-order valence-electron chi connectivity index (χ4n) is 3.84. The Bertz CT molecular complexity index is 959. The predicted molar refractivity (Wildman–Crippen MR) is 118 cm³/mol. The van der Waals surface area contributed by atoms with Gasteiger partial charge in [0.25, 0.3) is 0 Å². The molecule has 1 aliphatic rings. The number of benzene rings is 1. The van der Waals surface area contributed by atoms with Gasteiger partial charge in [-0.05, 0) is 44.2 Å². The minimum Gasteiger partial charge on any atom is -0.381 e. The van der Waals surface area contributed by atoms with E-state index in [2.05, 4.69) is 51.9 Å². The molecule has 160 valence electrons. The van der Waals surface area contributed by atoms with Crippen molar-refractivity contribution in [2.24, 2.45) is 4.99 Å².